The Morgan fingerprint density at radius 1 is 1.62 bits per heavy atom. The van der Waals surface area contributed by atoms with Crippen LogP contribution in [0.3, 0.4) is 0 Å². The number of aryl methyl sites for hydroxylation is 1. The summed E-state index contributed by atoms with van der Waals surface area (Å²) in [5.41, 5.74) is 0.484. The molecule has 1 heterocycles. The fourth-order valence-corrected chi connectivity index (χ4v) is 1.29. The van der Waals surface area contributed by atoms with Crippen molar-refractivity contribution >= 4 is 5.97 Å². The van der Waals surface area contributed by atoms with Crippen molar-refractivity contribution in [2.75, 3.05) is 7.11 Å². The number of esters is 1. The van der Waals surface area contributed by atoms with Crippen LogP contribution in [-0.4, -0.2) is 39.2 Å². The molecule has 90 valence electrons. The van der Waals surface area contributed by atoms with Crippen LogP contribution in [0.2, 0.25) is 0 Å². The van der Waals surface area contributed by atoms with Gasteiger partial charge in [-0.1, -0.05) is 0 Å². The van der Waals surface area contributed by atoms with E-state index in [4.69, 9.17) is 0 Å². The van der Waals surface area contributed by atoms with Crippen LogP contribution >= 0.6 is 0 Å². The highest BCUT2D eigenvalue weighted by atomic mass is 16.5. The zero-order valence-electron chi connectivity index (χ0n) is 9.33. The van der Waals surface area contributed by atoms with Crippen molar-refractivity contribution in [3.05, 3.63) is 18.0 Å². The van der Waals surface area contributed by atoms with E-state index in [1.165, 1.54) is 13.3 Å². The van der Waals surface area contributed by atoms with Crippen LogP contribution in [0.1, 0.15) is 25.0 Å². The molecular weight excluding hydrogens is 212 g/mol. The van der Waals surface area contributed by atoms with Crippen molar-refractivity contribution in [3.8, 4) is 0 Å². The van der Waals surface area contributed by atoms with Crippen molar-refractivity contribution in [3.63, 3.8) is 0 Å². The fourth-order valence-electron chi connectivity index (χ4n) is 1.29. The summed E-state index contributed by atoms with van der Waals surface area (Å²) in [6, 6.07) is 0. The number of carbonyl (C=O) groups is 1. The van der Waals surface area contributed by atoms with Gasteiger partial charge in [-0.25, -0.2) is 0 Å². The van der Waals surface area contributed by atoms with Crippen LogP contribution in [0.4, 0.5) is 0 Å². The monoisotopic (exact) mass is 228 g/mol. The Morgan fingerprint density at radius 2 is 2.31 bits per heavy atom. The summed E-state index contributed by atoms with van der Waals surface area (Å²) in [4.78, 5) is 10.9. The highest BCUT2D eigenvalue weighted by Crippen LogP contribution is 2.18. The third-order valence-electron chi connectivity index (χ3n) is 2.29. The lowest BCUT2D eigenvalue weighted by atomic mass is 10.1. The zero-order valence-corrected chi connectivity index (χ0v) is 9.33. The maximum absolute atomic E-state index is 10.9. The molecule has 16 heavy (non-hydrogen) atoms. The van der Waals surface area contributed by atoms with Crippen LogP contribution in [0, 0.1) is 0 Å². The minimum atomic E-state index is -1.18. The SMILES string of the molecule is CCn1cc(C(O)C(O)CC(=O)OC)cn1. The second kappa shape index (κ2) is 5.62. The number of aliphatic hydroxyl groups excluding tert-OH is 2. The molecule has 0 saturated carbocycles. The van der Waals surface area contributed by atoms with Crippen LogP contribution in [0.5, 0.6) is 0 Å². The summed E-state index contributed by atoms with van der Waals surface area (Å²) < 4.78 is 6.03. The molecule has 6 nitrogen and oxygen atoms in total. The maximum atomic E-state index is 10.9. The standard InChI is InChI=1S/C10H16N2O4/c1-3-12-6-7(5-11-12)10(15)8(13)4-9(14)16-2/h5-6,8,10,13,15H,3-4H2,1-2H3. The molecule has 0 amide bonds. The third-order valence-corrected chi connectivity index (χ3v) is 2.29. The molecule has 2 atom stereocenters. The number of rotatable bonds is 5. The molecule has 2 N–H and O–H groups in total. The normalized spacial score (nSPS) is 14.5. The fraction of sp³-hybridized carbons (Fsp3) is 0.600. The molecule has 1 rings (SSSR count). The molecule has 0 aliphatic heterocycles. The van der Waals surface area contributed by atoms with Gasteiger partial charge in [-0.05, 0) is 6.92 Å². The number of carbonyl (C=O) groups excluding carboxylic acids is 1. The smallest absolute Gasteiger partial charge is 0.308 e. The quantitative estimate of drug-likeness (QED) is 0.685. The molecule has 0 radical (unpaired) electrons. The van der Waals surface area contributed by atoms with Crippen molar-refractivity contribution < 1.29 is 19.7 Å². The number of hydrogen-bond donors (Lipinski definition) is 2. The van der Waals surface area contributed by atoms with Gasteiger partial charge in [0.15, 0.2) is 0 Å². The van der Waals surface area contributed by atoms with Gasteiger partial charge in [0.25, 0.3) is 0 Å². The van der Waals surface area contributed by atoms with E-state index in [-0.39, 0.29) is 6.42 Å². The minimum absolute atomic E-state index is 0.241. The van der Waals surface area contributed by atoms with Crippen molar-refractivity contribution in [1.82, 2.24) is 9.78 Å². The van der Waals surface area contributed by atoms with Gasteiger partial charge in [-0.2, -0.15) is 5.10 Å². The van der Waals surface area contributed by atoms with E-state index in [2.05, 4.69) is 9.84 Å². The van der Waals surface area contributed by atoms with Gasteiger partial charge in [0.2, 0.25) is 0 Å². The number of aromatic nitrogens is 2. The highest BCUT2D eigenvalue weighted by molar-refractivity contribution is 5.69. The molecule has 0 aliphatic carbocycles. The van der Waals surface area contributed by atoms with E-state index in [9.17, 15) is 15.0 Å². The van der Waals surface area contributed by atoms with Crippen LogP contribution in [-0.2, 0) is 16.1 Å². The van der Waals surface area contributed by atoms with E-state index in [1.807, 2.05) is 6.92 Å². The van der Waals surface area contributed by atoms with Crippen LogP contribution in [0.25, 0.3) is 0 Å². The van der Waals surface area contributed by atoms with Gasteiger partial charge in [0, 0.05) is 18.3 Å². The lowest BCUT2D eigenvalue weighted by Gasteiger charge is -2.14. The predicted molar refractivity (Wildman–Crippen MR) is 55.5 cm³/mol. The molecule has 0 aliphatic rings. The third kappa shape index (κ3) is 3.04. The van der Waals surface area contributed by atoms with E-state index >= 15 is 0 Å². The first kappa shape index (κ1) is 12.7. The first-order valence-corrected chi connectivity index (χ1v) is 5.03. The van der Waals surface area contributed by atoms with Gasteiger partial charge in [0.05, 0.1) is 25.8 Å². The van der Waals surface area contributed by atoms with Gasteiger partial charge in [0.1, 0.15) is 6.10 Å². The Hall–Kier alpha value is -1.40. The molecule has 0 spiro atoms. The lowest BCUT2D eigenvalue weighted by molar-refractivity contribution is -0.144. The van der Waals surface area contributed by atoms with E-state index in [1.54, 1.807) is 10.9 Å². The molecule has 0 bridgehead atoms. The Labute approximate surface area is 93.5 Å². The molecule has 0 fully saturated rings. The Kier molecular flexibility index (Phi) is 4.45. The molecule has 6 heteroatoms. The largest absolute Gasteiger partial charge is 0.469 e. The number of methoxy groups -OCH3 is 1. The number of hydrogen-bond acceptors (Lipinski definition) is 5. The molecule has 1 aromatic rings. The van der Waals surface area contributed by atoms with Crippen LogP contribution in [0.15, 0.2) is 12.4 Å². The van der Waals surface area contributed by atoms with Crippen LogP contribution < -0.4 is 0 Å². The number of aliphatic hydroxyl groups is 2. The summed E-state index contributed by atoms with van der Waals surface area (Å²) in [6.45, 7) is 2.59. The Balaban J connectivity index is 2.62. The molecule has 0 saturated heterocycles. The second-order valence-electron chi connectivity index (χ2n) is 3.42. The second-order valence-corrected chi connectivity index (χ2v) is 3.42. The average molecular weight is 228 g/mol. The molecular formula is C10H16N2O4. The predicted octanol–water partition coefficient (Wildman–Crippen LogP) is -0.140. The highest BCUT2D eigenvalue weighted by Gasteiger charge is 2.22. The topological polar surface area (TPSA) is 84.6 Å². The number of ether oxygens (including phenoxy) is 1. The summed E-state index contributed by atoms with van der Waals surface area (Å²) >= 11 is 0. The zero-order chi connectivity index (χ0) is 12.1. The van der Waals surface area contributed by atoms with E-state index in [0.717, 1.165) is 0 Å². The van der Waals surface area contributed by atoms with E-state index < -0.39 is 18.2 Å². The first-order chi connectivity index (χ1) is 7.58. The Bertz CT molecular complexity index is 350. The maximum Gasteiger partial charge on any atom is 0.308 e. The van der Waals surface area contributed by atoms with Gasteiger partial charge in [-0.15, -0.1) is 0 Å². The van der Waals surface area contributed by atoms with Gasteiger partial charge < -0.3 is 14.9 Å². The summed E-state index contributed by atoms with van der Waals surface area (Å²) in [6.07, 6.45) is 0.552. The summed E-state index contributed by atoms with van der Waals surface area (Å²) in [5.74, 6) is -0.561. The molecule has 2 unspecified atom stereocenters. The van der Waals surface area contributed by atoms with Crippen molar-refractivity contribution in [1.29, 1.82) is 0 Å². The molecule has 0 aromatic carbocycles. The Morgan fingerprint density at radius 3 is 2.81 bits per heavy atom. The van der Waals surface area contributed by atoms with Gasteiger partial charge in [-0.3, -0.25) is 9.48 Å². The van der Waals surface area contributed by atoms with E-state index in [0.29, 0.717) is 12.1 Å². The molecule has 1 aromatic heterocycles. The van der Waals surface area contributed by atoms with Crippen molar-refractivity contribution in [2.24, 2.45) is 0 Å². The number of nitrogens with zero attached hydrogens (tertiary/aromatic N) is 2. The summed E-state index contributed by atoms with van der Waals surface area (Å²) in [5, 5.41) is 23.3. The minimum Gasteiger partial charge on any atom is -0.469 e. The average Bonchev–Trinajstić information content (AvgIpc) is 2.76. The lowest BCUT2D eigenvalue weighted by Crippen LogP contribution is -2.22. The van der Waals surface area contributed by atoms with Gasteiger partial charge >= 0.3 is 5.97 Å². The van der Waals surface area contributed by atoms with Crippen molar-refractivity contribution in [2.45, 2.75) is 32.1 Å². The summed E-state index contributed by atoms with van der Waals surface area (Å²) in [7, 11) is 1.23. The first-order valence-electron chi connectivity index (χ1n) is 5.03.